The van der Waals surface area contributed by atoms with Gasteiger partial charge in [0.2, 0.25) is 5.88 Å². The number of fused-ring (bicyclic) bond motifs is 3. The second-order valence-electron chi connectivity index (χ2n) is 8.00. The van der Waals surface area contributed by atoms with Crippen LogP contribution in [0.3, 0.4) is 0 Å². The number of aromatic amines is 2. The number of hydrogen-bond donors (Lipinski definition) is 4. The van der Waals surface area contributed by atoms with Gasteiger partial charge in [0.15, 0.2) is 4.77 Å². The van der Waals surface area contributed by atoms with Crippen molar-refractivity contribution >= 4 is 23.1 Å². The van der Waals surface area contributed by atoms with Crippen molar-refractivity contribution in [3.8, 4) is 17.3 Å². The fourth-order valence-electron chi connectivity index (χ4n) is 4.57. The molecule has 0 saturated heterocycles. The number of methoxy groups -OCH3 is 1. The standard InChI is InChI=1S/C24H24N4O3S/c1-3-13-12-17-16-6-4-5-7-18(16)26-20(17)21(25-13)19-22(29)27-24(32)28(23(19)30)14-8-10-15(31-2)11-9-14/h4-11,13,21,25-26,30H,3,12H2,1-2H3,(H,27,29,32). The zero-order valence-corrected chi connectivity index (χ0v) is 18.6. The van der Waals surface area contributed by atoms with Gasteiger partial charge >= 0.3 is 0 Å². The van der Waals surface area contributed by atoms with Crippen LogP contribution in [-0.2, 0) is 6.42 Å². The summed E-state index contributed by atoms with van der Waals surface area (Å²) in [5.41, 5.74) is 3.55. The highest BCUT2D eigenvalue weighted by Crippen LogP contribution is 2.37. The van der Waals surface area contributed by atoms with Crippen LogP contribution >= 0.6 is 12.2 Å². The normalized spacial score (nSPS) is 17.9. The molecule has 32 heavy (non-hydrogen) atoms. The summed E-state index contributed by atoms with van der Waals surface area (Å²) >= 11 is 5.40. The third-order valence-electron chi connectivity index (χ3n) is 6.22. The van der Waals surface area contributed by atoms with E-state index in [4.69, 9.17) is 17.0 Å². The molecule has 0 amide bonds. The largest absolute Gasteiger partial charge is 0.497 e. The second-order valence-corrected chi connectivity index (χ2v) is 8.39. The van der Waals surface area contributed by atoms with Crippen molar-refractivity contribution in [2.45, 2.75) is 31.8 Å². The number of rotatable bonds is 4. The van der Waals surface area contributed by atoms with Crippen LogP contribution in [0, 0.1) is 4.77 Å². The Bertz CT molecular complexity index is 1420. The van der Waals surface area contributed by atoms with Gasteiger partial charge < -0.3 is 20.1 Å². The fraction of sp³-hybridized carbons (Fsp3) is 0.250. The first-order chi connectivity index (χ1) is 15.5. The molecule has 3 heterocycles. The Morgan fingerprint density at radius 3 is 2.62 bits per heavy atom. The Hall–Kier alpha value is -3.36. The van der Waals surface area contributed by atoms with Crippen molar-refractivity contribution in [2.75, 3.05) is 7.11 Å². The summed E-state index contributed by atoms with van der Waals surface area (Å²) in [6, 6.07) is 14.9. The molecule has 2 aromatic carbocycles. The Labute approximate surface area is 189 Å². The molecule has 4 N–H and O–H groups in total. The highest BCUT2D eigenvalue weighted by Gasteiger charge is 2.34. The number of hydrogen-bond acceptors (Lipinski definition) is 5. The molecule has 0 aliphatic carbocycles. The number of aromatic nitrogens is 3. The Kier molecular flexibility index (Phi) is 5.11. The van der Waals surface area contributed by atoms with E-state index in [1.807, 2.05) is 18.2 Å². The molecule has 7 nitrogen and oxygen atoms in total. The van der Waals surface area contributed by atoms with Gasteiger partial charge in [-0.05, 0) is 61.0 Å². The zero-order valence-electron chi connectivity index (χ0n) is 17.8. The van der Waals surface area contributed by atoms with E-state index in [1.165, 1.54) is 10.1 Å². The highest BCUT2D eigenvalue weighted by atomic mass is 32.1. The molecule has 1 aliphatic heterocycles. The van der Waals surface area contributed by atoms with Crippen LogP contribution in [0.4, 0.5) is 0 Å². The number of H-pyrrole nitrogens is 2. The molecule has 0 saturated carbocycles. The molecule has 5 rings (SSSR count). The van der Waals surface area contributed by atoms with Gasteiger partial charge in [-0.2, -0.15) is 0 Å². The summed E-state index contributed by atoms with van der Waals surface area (Å²) < 4.78 is 6.83. The first-order valence-electron chi connectivity index (χ1n) is 10.6. The van der Waals surface area contributed by atoms with Crippen LogP contribution in [0.2, 0.25) is 0 Å². The van der Waals surface area contributed by atoms with E-state index in [1.54, 1.807) is 31.4 Å². The summed E-state index contributed by atoms with van der Waals surface area (Å²) in [4.78, 5) is 19.3. The molecule has 0 spiro atoms. The van der Waals surface area contributed by atoms with E-state index < -0.39 is 11.6 Å². The molecule has 0 bridgehead atoms. The predicted molar refractivity (Wildman–Crippen MR) is 127 cm³/mol. The molecule has 0 fully saturated rings. The van der Waals surface area contributed by atoms with Crippen molar-refractivity contribution < 1.29 is 9.84 Å². The van der Waals surface area contributed by atoms with E-state index >= 15 is 0 Å². The van der Waals surface area contributed by atoms with Crippen molar-refractivity contribution in [1.82, 2.24) is 19.9 Å². The molecule has 2 unspecified atom stereocenters. The minimum absolute atomic E-state index is 0.126. The van der Waals surface area contributed by atoms with Crippen LogP contribution in [0.1, 0.15) is 36.2 Å². The van der Waals surface area contributed by atoms with Gasteiger partial charge in [-0.3, -0.25) is 14.3 Å². The van der Waals surface area contributed by atoms with Gasteiger partial charge in [0.25, 0.3) is 5.56 Å². The maximum absolute atomic E-state index is 13.1. The number of ether oxygens (including phenoxy) is 1. The van der Waals surface area contributed by atoms with Gasteiger partial charge in [0.05, 0.1) is 18.8 Å². The summed E-state index contributed by atoms with van der Waals surface area (Å²) in [5, 5.41) is 16.0. The minimum atomic E-state index is -0.500. The van der Waals surface area contributed by atoms with E-state index in [9.17, 15) is 9.90 Å². The predicted octanol–water partition coefficient (Wildman–Crippen LogP) is 4.10. The lowest BCUT2D eigenvalue weighted by Gasteiger charge is -2.31. The van der Waals surface area contributed by atoms with E-state index in [2.05, 4.69) is 28.3 Å². The molecule has 2 aromatic heterocycles. The van der Waals surface area contributed by atoms with Crippen molar-refractivity contribution in [2.24, 2.45) is 0 Å². The fourth-order valence-corrected chi connectivity index (χ4v) is 4.86. The zero-order chi connectivity index (χ0) is 22.4. The Balaban J connectivity index is 1.73. The average Bonchev–Trinajstić information content (AvgIpc) is 3.18. The number of aromatic hydroxyl groups is 1. The molecule has 2 atom stereocenters. The topological polar surface area (TPSA) is 95.1 Å². The summed E-state index contributed by atoms with van der Waals surface area (Å²) in [7, 11) is 1.59. The van der Waals surface area contributed by atoms with Crippen molar-refractivity contribution in [1.29, 1.82) is 0 Å². The van der Waals surface area contributed by atoms with Crippen molar-refractivity contribution in [3.05, 3.63) is 80.5 Å². The van der Waals surface area contributed by atoms with Gasteiger partial charge in [-0.1, -0.05) is 25.1 Å². The third-order valence-corrected chi connectivity index (χ3v) is 6.51. The van der Waals surface area contributed by atoms with Crippen LogP contribution < -0.4 is 15.6 Å². The van der Waals surface area contributed by atoms with E-state index in [0.29, 0.717) is 11.4 Å². The second kappa shape index (κ2) is 7.96. The van der Waals surface area contributed by atoms with Crippen LogP contribution in [0.25, 0.3) is 16.6 Å². The minimum Gasteiger partial charge on any atom is -0.497 e. The summed E-state index contributed by atoms with van der Waals surface area (Å²) in [6.07, 6.45) is 1.74. The monoisotopic (exact) mass is 448 g/mol. The van der Waals surface area contributed by atoms with Crippen LogP contribution in [0.15, 0.2) is 53.3 Å². The maximum Gasteiger partial charge on any atom is 0.260 e. The lowest BCUT2D eigenvalue weighted by Crippen LogP contribution is -2.41. The summed E-state index contributed by atoms with van der Waals surface area (Å²) in [6.45, 7) is 2.11. The molecule has 1 aliphatic rings. The van der Waals surface area contributed by atoms with Gasteiger partial charge in [-0.25, -0.2) is 0 Å². The summed E-state index contributed by atoms with van der Waals surface area (Å²) in [5.74, 6) is 0.509. The molecular formula is C24H24N4O3S. The highest BCUT2D eigenvalue weighted by molar-refractivity contribution is 7.71. The van der Waals surface area contributed by atoms with Gasteiger partial charge in [0.1, 0.15) is 11.3 Å². The van der Waals surface area contributed by atoms with E-state index in [0.717, 1.165) is 29.4 Å². The first kappa shape index (κ1) is 20.5. The first-order valence-corrected chi connectivity index (χ1v) is 11.0. The number of benzene rings is 2. The smallest absolute Gasteiger partial charge is 0.260 e. The number of nitrogens with zero attached hydrogens (tertiary/aromatic N) is 1. The molecule has 8 heteroatoms. The lowest BCUT2D eigenvalue weighted by molar-refractivity contribution is 0.385. The SMILES string of the molecule is CCC1Cc2c([nH]c3ccccc23)C(c2c(O)n(-c3ccc(OC)cc3)c(=S)[nH]c2=O)N1. The van der Waals surface area contributed by atoms with Gasteiger partial charge in [0, 0.05) is 22.6 Å². The van der Waals surface area contributed by atoms with Crippen molar-refractivity contribution in [3.63, 3.8) is 0 Å². The Morgan fingerprint density at radius 1 is 1.16 bits per heavy atom. The molecular weight excluding hydrogens is 424 g/mol. The number of nitrogens with one attached hydrogen (secondary N) is 3. The quantitative estimate of drug-likeness (QED) is 0.353. The van der Waals surface area contributed by atoms with Gasteiger partial charge in [-0.15, -0.1) is 0 Å². The van der Waals surface area contributed by atoms with Crippen LogP contribution in [0.5, 0.6) is 11.6 Å². The lowest BCUT2D eigenvalue weighted by atomic mass is 9.90. The van der Waals surface area contributed by atoms with Crippen LogP contribution in [-0.4, -0.2) is 32.8 Å². The number of para-hydroxylation sites is 1. The van der Waals surface area contributed by atoms with E-state index in [-0.39, 0.29) is 22.3 Å². The maximum atomic E-state index is 13.1. The average molecular weight is 449 g/mol. The molecule has 164 valence electrons. The molecule has 4 aromatic rings. The Morgan fingerprint density at radius 2 is 1.91 bits per heavy atom. The molecule has 0 radical (unpaired) electrons. The third kappa shape index (κ3) is 3.23.